The molecule has 21 heavy (non-hydrogen) atoms. The Labute approximate surface area is 129 Å². The van der Waals surface area contributed by atoms with Crippen LogP contribution in [0.25, 0.3) is 0 Å². The van der Waals surface area contributed by atoms with Crippen LogP contribution in [-0.2, 0) is 0 Å². The topological polar surface area (TPSA) is 33.2 Å². The minimum Gasteiger partial charge on any atom is -0.335 e. The number of carbonyl (C=O) groups is 1. The molecule has 0 fully saturated rings. The maximum Gasteiger partial charge on any atom is 0.255 e. The first kappa shape index (κ1) is 15.6. The predicted molar refractivity (Wildman–Crippen MR) is 78.8 cm³/mol. The molecule has 0 aliphatic heterocycles. The van der Waals surface area contributed by atoms with Crippen molar-refractivity contribution >= 4 is 21.8 Å². The molecule has 2 rings (SSSR count). The molecule has 1 amide bonds. The van der Waals surface area contributed by atoms with Gasteiger partial charge >= 0.3 is 0 Å². The molecule has 3 nitrogen and oxygen atoms in total. The Kier molecular flexibility index (Phi) is 4.67. The van der Waals surface area contributed by atoms with Gasteiger partial charge in [0, 0.05) is 18.8 Å². The van der Waals surface area contributed by atoms with E-state index in [1.807, 2.05) is 0 Å². The zero-order chi connectivity index (χ0) is 15.6. The fraction of sp³-hybridized carbons (Fsp3) is 0.200. The second kappa shape index (κ2) is 6.30. The van der Waals surface area contributed by atoms with Crippen LogP contribution in [0.15, 0.2) is 41.1 Å². The second-order valence-corrected chi connectivity index (χ2v) is 5.44. The number of aromatic nitrogens is 1. The fourth-order valence-electron chi connectivity index (χ4n) is 1.93. The number of hydrogen-bond donors (Lipinski definition) is 0. The van der Waals surface area contributed by atoms with Crippen LogP contribution in [0, 0.1) is 11.6 Å². The summed E-state index contributed by atoms with van der Waals surface area (Å²) in [6.07, 6.45) is 1.43. The minimum absolute atomic E-state index is 0.135. The lowest BCUT2D eigenvalue weighted by Gasteiger charge is -2.25. The van der Waals surface area contributed by atoms with Crippen LogP contribution in [0.1, 0.15) is 28.9 Å². The Hall–Kier alpha value is -1.82. The number of benzene rings is 1. The van der Waals surface area contributed by atoms with Gasteiger partial charge in [0.25, 0.3) is 5.91 Å². The van der Waals surface area contributed by atoms with Gasteiger partial charge in [0.1, 0.15) is 16.2 Å². The summed E-state index contributed by atoms with van der Waals surface area (Å²) in [5.74, 6) is -1.40. The van der Waals surface area contributed by atoms with Gasteiger partial charge < -0.3 is 4.90 Å². The molecule has 0 N–H and O–H groups in total. The summed E-state index contributed by atoms with van der Waals surface area (Å²) in [5.41, 5.74) is 0.514. The third-order valence-corrected chi connectivity index (χ3v) is 3.75. The summed E-state index contributed by atoms with van der Waals surface area (Å²) in [6, 6.07) is 5.87. The molecule has 0 radical (unpaired) electrons. The smallest absolute Gasteiger partial charge is 0.255 e. The molecule has 0 saturated heterocycles. The van der Waals surface area contributed by atoms with E-state index in [9.17, 15) is 13.6 Å². The molecule has 0 aliphatic carbocycles. The van der Waals surface area contributed by atoms with E-state index >= 15 is 0 Å². The van der Waals surface area contributed by atoms with Crippen molar-refractivity contribution in [1.82, 2.24) is 9.88 Å². The van der Waals surface area contributed by atoms with E-state index in [1.54, 1.807) is 26.1 Å². The van der Waals surface area contributed by atoms with Gasteiger partial charge in [-0.25, -0.2) is 13.8 Å². The normalized spacial score (nSPS) is 12.0. The van der Waals surface area contributed by atoms with Gasteiger partial charge in [-0.15, -0.1) is 0 Å². The molecule has 6 heteroatoms. The molecule has 0 aliphatic rings. The van der Waals surface area contributed by atoms with Crippen molar-refractivity contribution in [2.75, 3.05) is 7.05 Å². The van der Waals surface area contributed by atoms with Crippen LogP contribution in [-0.4, -0.2) is 22.8 Å². The third kappa shape index (κ3) is 3.44. The average Bonchev–Trinajstić information content (AvgIpc) is 2.48. The fourth-order valence-corrected chi connectivity index (χ4v) is 2.16. The lowest BCUT2D eigenvalue weighted by Crippen LogP contribution is -2.30. The SMILES string of the molecule is CC(c1cc(F)ccc1F)N(C)C(=O)c1ccc(Br)nc1. The summed E-state index contributed by atoms with van der Waals surface area (Å²) < 4.78 is 27.6. The number of rotatable bonds is 3. The van der Waals surface area contributed by atoms with E-state index in [0.717, 1.165) is 18.2 Å². The molecule has 1 atom stereocenters. The van der Waals surface area contributed by atoms with E-state index in [-0.39, 0.29) is 11.5 Å². The highest BCUT2D eigenvalue weighted by Crippen LogP contribution is 2.24. The molecule has 1 unspecified atom stereocenters. The Balaban J connectivity index is 2.26. The van der Waals surface area contributed by atoms with E-state index in [1.165, 1.54) is 11.1 Å². The van der Waals surface area contributed by atoms with Crippen molar-refractivity contribution in [3.05, 3.63) is 63.9 Å². The zero-order valence-corrected chi connectivity index (χ0v) is 13.1. The molecule has 110 valence electrons. The van der Waals surface area contributed by atoms with Gasteiger partial charge in [-0.2, -0.15) is 0 Å². The quantitative estimate of drug-likeness (QED) is 0.781. The number of pyridine rings is 1. The van der Waals surface area contributed by atoms with Crippen molar-refractivity contribution in [2.45, 2.75) is 13.0 Å². The molecular weight excluding hydrogens is 342 g/mol. The monoisotopic (exact) mass is 354 g/mol. The molecule has 1 aromatic carbocycles. The lowest BCUT2D eigenvalue weighted by molar-refractivity contribution is 0.0739. The number of nitrogens with zero attached hydrogens (tertiary/aromatic N) is 2. The number of carbonyl (C=O) groups excluding carboxylic acids is 1. The molecule has 0 bridgehead atoms. The molecular formula is C15H13BrF2N2O. The maximum atomic E-state index is 13.8. The Morgan fingerprint density at radius 2 is 2.00 bits per heavy atom. The highest BCUT2D eigenvalue weighted by atomic mass is 79.9. The largest absolute Gasteiger partial charge is 0.335 e. The van der Waals surface area contributed by atoms with Crippen LogP contribution in [0.2, 0.25) is 0 Å². The number of halogens is 3. The Bertz CT molecular complexity index is 661. The summed E-state index contributed by atoms with van der Waals surface area (Å²) in [6.45, 7) is 1.64. The van der Waals surface area contributed by atoms with Crippen LogP contribution < -0.4 is 0 Å². The first-order chi connectivity index (χ1) is 9.90. The molecule has 1 aromatic heterocycles. The van der Waals surface area contributed by atoms with Gasteiger partial charge in [0.05, 0.1) is 11.6 Å². The summed E-state index contributed by atoms with van der Waals surface area (Å²) in [7, 11) is 1.54. The van der Waals surface area contributed by atoms with Crippen LogP contribution in [0.5, 0.6) is 0 Å². The molecule has 0 saturated carbocycles. The lowest BCUT2D eigenvalue weighted by atomic mass is 10.1. The predicted octanol–water partition coefficient (Wildman–Crippen LogP) is 3.96. The number of hydrogen-bond acceptors (Lipinski definition) is 2. The second-order valence-electron chi connectivity index (χ2n) is 4.63. The van der Waals surface area contributed by atoms with Crippen molar-refractivity contribution in [1.29, 1.82) is 0 Å². The van der Waals surface area contributed by atoms with E-state index in [4.69, 9.17) is 0 Å². The third-order valence-electron chi connectivity index (χ3n) is 3.28. The summed E-state index contributed by atoms with van der Waals surface area (Å²) >= 11 is 3.19. The summed E-state index contributed by atoms with van der Waals surface area (Å²) in [4.78, 5) is 17.7. The average molecular weight is 355 g/mol. The van der Waals surface area contributed by atoms with Crippen molar-refractivity contribution < 1.29 is 13.6 Å². The number of amides is 1. The standard InChI is InChI=1S/C15H13BrF2N2O/c1-9(12-7-11(17)4-5-13(12)18)20(2)15(21)10-3-6-14(16)19-8-10/h3-9H,1-2H3. The maximum absolute atomic E-state index is 13.8. The Morgan fingerprint density at radius 3 is 2.62 bits per heavy atom. The highest BCUT2D eigenvalue weighted by molar-refractivity contribution is 9.10. The minimum atomic E-state index is -0.600. The van der Waals surface area contributed by atoms with Crippen LogP contribution in [0.3, 0.4) is 0 Å². The highest BCUT2D eigenvalue weighted by Gasteiger charge is 2.22. The Morgan fingerprint density at radius 1 is 1.29 bits per heavy atom. The first-order valence-electron chi connectivity index (χ1n) is 6.24. The summed E-state index contributed by atoms with van der Waals surface area (Å²) in [5, 5.41) is 0. The molecule has 1 heterocycles. The van der Waals surface area contributed by atoms with Gasteiger partial charge in [-0.3, -0.25) is 4.79 Å². The van der Waals surface area contributed by atoms with Crippen LogP contribution in [0.4, 0.5) is 8.78 Å². The van der Waals surface area contributed by atoms with E-state index in [0.29, 0.717) is 10.2 Å². The van der Waals surface area contributed by atoms with Crippen LogP contribution >= 0.6 is 15.9 Å². The van der Waals surface area contributed by atoms with Crippen molar-refractivity contribution in [3.63, 3.8) is 0 Å². The van der Waals surface area contributed by atoms with E-state index < -0.39 is 17.7 Å². The van der Waals surface area contributed by atoms with Gasteiger partial charge in [-0.1, -0.05) is 0 Å². The molecule has 2 aromatic rings. The van der Waals surface area contributed by atoms with Crippen molar-refractivity contribution in [2.24, 2.45) is 0 Å². The van der Waals surface area contributed by atoms with E-state index in [2.05, 4.69) is 20.9 Å². The molecule has 0 spiro atoms. The van der Waals surface area contributed by atoms with Gasteiger partial charge in [0.2, 0.25) is 0 Å². The first-order valence-corrected chi connectivity index (χ1v) is 7.03. The zero-order valence-electron chi connectivity index (χ0n) is 11.5. The van der Waals surface area contributed by atoms with Crippen molar-refractivity contribution in [3.8, 4) is 0 Å². The van der Waals surface area contributed by atoms with Gasteiger partial charge in [-0.05, 0) is 53.2 Å². The van der Waals surface area contributed by atoms with Gasteiger partial charge in [0.15, 0.2) is 0 Å².